The highest BCUT2D eigenvalue weighted by molar-refractivity contribution is 7.98. The number of aryl methyl sites for hydroxylation is 2. The molecule has 1 amide bonds. The maximum Gasteiger partial charge on any atom is 0.230 e. The van der Waals surface area contributed by atoms with Crippen LogP contribution in [0.2, 0.25) is 5.02 Å². The van der Waals surface area contributed by atoms with E-state index in [1.54, 1.807) is 22.5 Å². The molecule has 3 aromatic rings. The normalized spacial score (nSPS) is 12.9. The topological polar surface area (TPSA) is 46.9 Å². The van der Waals surface area contributed by atoms with Gasteiger partial charge in [0.25, 0.3) is 0 Å². The summed E-state index contributed by atoms with van der Waals surface area (Å²) in [6, 6.07) is 10.5. The predicted molar refractivity (Wildman–Crippen MR) is 112 cm³/mol. The van der Waals surface area contributed by atoms with Crippen LogP contribution >= 0.6 is 23.4 Å². The largest absolute Gasteiger partial charge is 0.310 e. The lowest BCUT2D eigenvalue weighted by Gasteiger charge is -2.14. The fraction of sp³-hybridized carbons (Fsp3) is 0.238. The average Bonchev–Trinajstić information content (AvgIpc) is 3.21. The van der Waals surface area contributed by atoms with E-state index < -0.39 is 5.82 Å². The van der Waals surface area contributed by atoms with Crippen LogP contribution < -0.4 is 5.32 Å². The van der Waals surface area contributed by atoms with E-state index in [0.29, 0.717) is 5.82 Å². The van der Waals surface area contributed by atoms with Gasteiger partial charge in [0.1, 0.15) is 11.6 Å². The van der Waals surface area contributed by atoms with Gasteiger partial charge >= 0.3 is 0 Å². The minimum Gasteiger partial charge on any atom is -0.310 e. The van der Waals surface area contributed by atoms with E-state index in [0.717, 1.165) is 39.6 Å². The van der Waals surface area contributed by atoms with Crippen molar-refractivity contribution in [1.29, 1.82) is 0 Å². The van der Waals surface area contributed by atoms with Crippen LogP contribution in [0.25, 0.3) is 5.69 Å². The molecular weight excluding hydrogens is 397 g/mol. The molecule has 1 aromatic heterocycles. The number of fused-ring (bicyclic) bond motifs is 1. The maximum absolute atomic E-state index is 14.1. The summed E-state index contributed by atoms with van der Waals surface area (Å²) in [7, 11) is 0. The van der Waals surface area contributed by atoms with Crippen molar-refractivity contribution in [3.8, 4) is 5.69 Å². The number of halogens is 2. The zero-order chi connectivity index (χ0) is 19.8. The molecule has 1 N–H and O–H groups in total. The van der Waals surface area contributed by atoms with Gasteiger partial charge < -0.3 is 5.32 Å². The summed E-state index contributed by atoms with van der Waals surface area (Å²) < 4.78 is 15.9. The Balaban J connectivity index is 1.68. The summed E-state index contributed by atoms with van der Waals surface area (Å²) in [6.45, 7) is 4.06. The van der Waals surface area contributed by atoms with Gasteiger partial charge in [-0.05, 0) is 37.6 Å². The maximum atomic E-state index is 14.1. The number of aromatic nitrogens is 2. The summed E-state index contributed by atoms with van der Waals surface area (Å²) in [5.41, 5.74) is 5.36. The van der Waals surface area contributed by atoms with Crippen molar-refractivity contribution < 1.29 is 9.18 Å². The fourth-order valence-electron chi connectivity index (χ4n) is 3.40. The molecule has 0 bridgehead atoms. The monoisotopic (exact) mass is 415 g/mol. The van der Waals surface area contributed by atoms with Gasteiger partial charge in [-0.2, -0.15) is 16.9 Å². The van der Waals surface area contributed by atoms with E-state index in [1.807, 2.05) is 26.0 Å². The molecule has 4 nitrogen and oxygen atoms in total. The molecule has 2 aromatic carbocycles. The molecule has 0 atom stereocenters. The number of nitrogens with zero attached hydrogens (tertiary/aromatic N) is 2. The van der Waals surface area contributed by atoms with Gasteiger partial charge in [0.2, 0.25) is 5.91 Å². The van der Waals surface area contributed by atoms with Gasteiger partial charge in [-0.25, -0.2) is 9.07 Å². The molecule has 0 radical (unpaired) electrons. The average molecular weight is 416 g/mol. The Kier molecular flexibility index (Phi) is 5.17. The number of amides is 1. The number of anilines is 1. The van der Waals surface area contributed by atoms with Crippen LogP contribution in [0.5, 0.6) is 0 Å². The first-order valence-corrected chi connectivity index (χ1v) is 10.5. The highest BCUT2D eigenvalue weighted by atomic mass is 35.5. The molecule has 28 heavy (non-hydrogen) atoms. The van der Waals surface area contributed by atoms with Crippen molar-refractivity contribution in [2.75, 3.05) is 5.32 Å². The Bertz CT molecular complexity index is 1060. The van der Waals surface area contributed by atoms with E-state index >= 15 is 0 Å². The fourth-order valence-corrected chi connectivity index (χ4v) is 4.66. The zero-order valence-corrected chi connectivity index (χ0v) is 17.1. The molecule has 0 aliphatic carbocycles. The number of hydrogen-bond donors (Lipinski definition) is 1. The first-order valence-electron chi connectivity index (χ1n) is 8.93. The third-order valence-electron chi connectivity index (χ3n) is 4.79. The Labute approximate surface area is 172 Å². The highest BCUT2D eigenvalue weighted by Gasteiger charge is 2.25. The van der Waals surface area contributed by atoms with Crippen LogP contribution in [0.15, 0.2) is 36.4 Å². The van der Waals surface area contributed by atoms with Gasteiger partial charge in [-0.1, -0.05) is 35.4 Å². The van der Waals surface area contributed by atoms with Crippen LogP contribution in [-0.4, -0.2) is 15.7 Å². The van der Waals surface area contributed by atoms with Crippen molar-refractivity contribution in [3.05, 3.63) is 75.2 Å². The zero-order valence-electron chi connectivity index (χ0n) is 15.6. The SMILES string of the molecule is Cc1ccc(-n2nc3c(c2NC(=O)Cc2c(F)cccc2Cl)CSC3)c(C)c1. The third-order valence-corrected chi connectivity index (χ3v) is 6.11. The molecule has 4 rings (SSSR count). The molecule has 0 spiro atoms. The summed E-state index contributed by atoms with van der Waals surface area (Å²) in [4.78, 5) is 12.7. The van der Waals surface area contributed by atoms with Crippen molar-refractivity contribution in [3.63, 3.8) is 0 Å². The molecule has 0 saturated carbocycles. The number of hydrogen-bond acceptors (Lipinski definition) is 3. The lowest BCUT2D eigenvalue weighted by Crippen LogP contribution is -2.19. The van der Waals surface area contributed by atoms with Crippen molar-refractivity contribution in [2.45, 2.75) is 31.8 Å². The van der Waals surface area contributed by atoms with E-state index in [1.165, 1.54) is 12.1 Å². The van der Waals surface area contributed by atoms with Gasteiger partial charge in [-0.3, -0.25) is 4.79 Å². The van der Waals surface area contributed by atoms with E-state index in [4.69, 9.17) is 16.7 Å². The molecule has 1 aliphatic rings. The second kappa shape index (κ2) is 7.60. The minimum atomic E-state index is -0.480. The van der Waals surface area contributed by atoms with E-state index in [-0.39, 0.29) is 22.9 Å². The lowest BCUT2D eigenvalue weighted by molar-refractivity contribution is -0.115. The molecule has 0 unspecified atom stereocenters. The van der Waals surface area contributed by atoms with Crippen LogP contribution in [-0.2, 0) is 22.7 Å². The first kappa shape index (κ1) is 19.0. The van der Waals surface area contributed by atoms with Crippen LogP contribution in [0.4, 0.5) is 10.2 Å². The molecular formula is C21H19ClFN3OS. The number of carbonyl (C=O) groups is 1. The Hall–Kier alpha value is -2.31. The van der Waals surface area contributed by atoms with Crippen molar-refractivity contribution in [1.82, 2.24) is 9.78 Å². The summed E-state index contributed by atoms with van der Waals surface area (Å²) in [5.74, 6) is 1.46. The predicted octanol–water partition coefficient (Wildman–Crippen LogP) is 5.21. The van der Waals surface area contributed by atoms with E-state index in [2.05, 4.69) is 11.4 Å². The number of carbonyl (C=O) groups excluding carboxylic acids is 1. The molecule has 7 heteroatoms. The van der Waals surface area contributed by atoms with Crippen LogP contribution in [0, 0.1) is 19.7 Å². The molecule has 0 fully saturated rings. The Morgan fingerprint density at radius 2 is 2.11 bits per heavy atom. The Morgan fingerprint density at radius 1 is 1.29 bits per heavy atom. The molecule has 0 saturated heterocycles. The summed E-state index contributed by atoms with van der Waals surface area (Å²) in [5, 5.41) is 7.93. The van der Waals surface area contributed by atoms with Gasteiger partial charge in [-0.15, -0.1) is 0 Å². The smallest absolute Gasteiger partial charge is 0.230 e. The Morgan fingerprint density at radius 3 is 2.86 bits per heavy atom. The number of thioether (sulfide) groups is 1. The molecule has 2 heterocycles. The van der Waals surface area contributed by atoms with Gasteiger partial charge in [0.05, 0.1) is 17.8 Å². The molecule has 144 valence electrons. The minimum absolute atomic E-state index is 0.133. The second-order valence-corrected chi connectivity index (χ2v) is 8.29. The number of nitrogens with one attached hydrogen (secondary N) is 1. The number of rotatable bonds is 4. The molecule has 1 aliphatic heterocycles. The quantitative estimate of drug-likeness (QED) is 0.636. The number of benzene rings is 2. The lowest BCUT2D eigenvalue weighted by atomic mass is 10.1. The second-order valence-electron chi connectivity index (χ2n) is 6.89. The standard InChI is InChI=1S/C21H19ClFN3OS/c1-12-6-7-19(13(2)8-12)26-21(15-10-28-11-18(15)25-26)24-20(27)9-14-16(22)4-3-5-17(14)23/h3-8H,9-11H2,1-2H3,(H,24,27). The van der Waals surface area contributed by atoms with Gasteiger partial charge in [0, 0.05) is 27.7 Å². The van der Waals surface area contributed by atoms with Crippen LogP contribution in [0.1, 0.15) is 27.9 Å². The third kappa shape index (κ3) is 3.54. The highest BCUT2D eigenvalue weighted by Crippen LogP contribution is 2.36. The van der Waals surface area contributed by atoms with Crippen molar-refractivity contribution in [2.24, 2.45) is 0 Å². The van der Waals surface area contributed by atoms with Crippen LogP contribution in [0.3, 0.4) is 0 Å². The van der Waals surface area contributed by atoms with E-state index in [9.17, 15) is 9.18 Å². The van der Waals surface area contributed by atoms with Gasteiger partial charge in [0.15, 0.2) is 0 Å². The summed E-state index contributed by atoms with van der Waals surface area (Å²) >= 11 is 7.83. The van der Waals surface area contributed by atoms with Crippen molar-refractivity contribution >= 4 is 35.1 Å². The summed E-state index contributed by atoms with van der Waals surface area (Å²) in [6.07, 6.45) is -0.133. The first-order chi connectivity index (χ1) is 13.4.